The maximum atomic E-state index is 13.5. The Kier molecular flexibility index (Phi) is 6.60. The number of hydrogen-bond acceptors (Lipinski definition) is 2. The second-order valence-electron chi connectivity index (χ2n) is 4.42. The highest BCUT2D eigenvalue weighted by atomic mass is 32.2. The van der Waals surface area contributed by atoms with Crippen molar-refractivity contribution in [3.05, 3.63) is 35.6 Å². The Morgan fingerprint density at radius 3 is 2.59 bits per heavy atom. The Bertz CT molecular complexity index is 330. The lowest BCUT2D eigenvalue weighted by Gasteiger charge is -2.20. The molecule has 0 aliphatic carbocycles. The number of nitrogens with one attached hydrogen (secondary N) is 1. The summed E-state index contributed by atoms with van der Waals surface area (Å²) in [6.07, 6.45) is 0.744. The Hall–Kier alpha value is -0.540. The van der Waals surface area contributed by atoms with Gasteiger partial charge in [0, 0.05) is 17.8 Å². The molecule has 0 bridgehead atoms. The molecule has 1 N–H and O–H groups in total. The van der Waals surface area contributed by atoms with Gasteiger partial charge in [-0.05, 0) is 37.7 Å². The van der Waals surface area contributed by atoms with Gasteiger partial charge in [0.1, 0.15) is 5.82 Å². The highest BCUT2D eigenvalue weighted by Crippen LogP contribution is 2.10. The van der Waals surface area contributed by atoms with Gasteiger partial charge < -0.3 is 5.32 Å². The van der Waals surface area contributed by atoms with E-state index in [1.807, 2.05) is 23.9 Å². The first-order valence-electron chi connectivity index (χ1n) is 6.20. The Morgan fingerprint density at radius 1 is 1.24 bits per heavy atom. The maximum Gasteiger partial charge on any atom is 0.126 e. The van der Waals surface area contributed by atoms with Gasteiger partial charge in [0.2, 0.25) is 0 Å². The molecule has 17 heavy (non-hydrogen) atoms. The highest BCUT2D eigenvalue weighted by molar-refractivity contribution is 7.99. The normalized spacial score (nSPS) is 14.6. The molecule has 0 aliphatic heterocycles. The number of thioether (sulfide) groups is 1. The van der Waals surface area contributed by atoms with Gasteiger partial charge in [0.25, 0.3) is 0 Å². The molecule has 0 fully saturated rings. The Labute approximate surface area is 108 Å². The van der Waals surface area contributed by atoms with E-state index in [9.17, 15) is 4.39 Å². The summed E-state index contributed by atoms with van der Waals surface area (Å²) in [4.78, 5) is 0. The van der Waals surface area contributed by atoms with Crippen molar-refractivity contribution in [2.45, 2.75) is 39.3 Å². The van der Waals surface area contributed by atoms with Crippen molar-refractivity contribution in [1.82, 2.24) is 5.32 Å². The van der Waals surface area contributed by atoms with Gasteiger partial charge in [-0.1, -0.05) is 25.1 Å². The molecule has 1 rings (SSSR count). The summed E-state index contributed by atoms with van der Waals surface area (Å²) < 4.78 is 13.5. The van der Waals surface area contributed by atoms with Gasteiger partial charge in [-0.3, -0.25) is 0 Å². The van der Waals surface area contributed by atoms with Crippen LogP contribution < -0.4 is 5.32 Å². The molecule has 0 saturated carbocycles. The molecule has 0 spiro atoms. The van der Waals surface area contributed by atoms with Crippen molar-refractivity contribution < 1.29 is 4.39 Å². The van der Waals surface area contributed by atoms with E-state index in [2.05, 4.69) is 26.1 Å². The van der Waals surface area contributed by atoms with Crippen molar-refractivity contribution in [3.8, 4) is 0 Å². The predicted molar refractivity (Wildman–Crippen MR) is 75.2 cm³/mol. The first-order chi connectivity index (χ1) is 8.13. The zero-order valence-corrected chi connectivity index (χ0v) is 11.7. The molecule has 1 nitrogen and oxygen atoms in total. The van der Waals surface area contributed by atoms with Crippen LogP contribution in [0.1, 0.15) is 26.3 Å². The SMILES string of the molecule is CCSCC(C)NC(C)Cc1ccccc1F. The third-order valence-corrected chi connectivity index (χ3v) is 3.77. The van der Waals surface area contributed by atoms with Crippen molar-refractivity contribution in [2.24, 2.45) is 0 Å². The number of benzene rings is 1. The molecule has 1 aromatic rings. The van der Waals surface area contributed by atoms with Gasteiger partial charge in [0.05, 0.1) is 0 Å². The Morgan fingerprint density at radius 2 is 1.94 bits per heavy atom. The lowest BCUT2D eigenvalue weighted by Crippen LogP contribution is -2.37. The largest absolute Gasteiger partial charge is 0.311 e. The maximum absolute atomic E-state index is 13.5. The summed E-state index contributed by atoms with van der Waals surface area (Å²) in [7, 11) is 0. The Balaban J connectivity index is 2.39. The molecule has 2 unspecified atom stereocenters. The minimum Gasteiger partial charge on any atom is -0.311 e. The molecule has 0 amide bonds. The topological polar surface area (TPSA) is 12.0 Å². The molecule has 1 aromatic carbocycles. The van der Waals surface area contributed by atoms with E-state index in [1.165, 1.54) is 6.07 Å². The van der Waals surface area contributed by atoms with Crippen LogP contribution in [0.2, 0.25) is 0 Å². The fourth-order valence-electron chi connectivity index (χ4n) is 1.88. The van der Waals surface area contributed by atoms with Gasteiger partial charge in [-0.25, -0.2) is 4.39 Å². The zero-order chi connectivity index (χ0) is 12.7. The van der Waals surface area contributed by atoms with Crippen LogP contribution in [-0.4, -0.2) is 23.6 Å². The fourth-order valence-corrected chi connectivity index (χ4v) is 2.57. The zero-order valence-electron chi connectivity index (χ0n) is 10.9. The van der Waals surface area contributed by atoms with Crippen molar-refractivity contribution >= 4 is 11.8 Å². The number of hydrogen-bond donors (Lipinski definition) is 1. The average Bonchev–Trinajstić information content (AvgIpc) is 2.29. The molecule has 0 radical (unpaired) electrons. The van der Waals surface area contributed by atoms with Gasteiger partial charge in [-0.15, -0.1) is 0 Å². The second kappa shape index (κ2) is 7.72. The van der Waals surface area contributed by atoms with Crippen LogP contribution in [0, 0.1) is 5.82 Å². The van der Waals surface area contributed by atoms with Crippen LogP contribution in [-0.2, 0) is 6.42 Å². The van der Waals surface area contributed by atoms with Crippen LogP contribution in [0.4, 0.5) is 4.39 Å². The van der Waals surface area contributed by atoms with E-state index < -0.39 is 0 Å². The minimum absolute atomic E-state index is 0.100. The lowest BCUT2D eigenvalue weighted by molar-refractivity contribution is 0.482. The van der Waals surface area contributed by atoms with Crippen molar-refractivity contribution in [2.75, 3.05) is 11.5 Å². The molecule has 3 heteroatoms. The quantitative estimate of drug-likeness (QED) is 0.800. The van der Waals surface area contributed by atoms with Gasteiger partial charge >= 0.3 is 0 Å². The summed E-state index contributed by atoms with van der Waals surface area (Å²) in [5, 5.41) is 3.50. The molecular formula is C14H22FNS. The minimum atomic E-state index is -0.100. The molecule has 0 heterocycles. The van der Waals surface area contributed by atoms with Crippen LogP contribution in [0.5, 0.6) is 0 Å². The summed E-state index contributed by atoms with van der Waals surface area (Å²) in [6, 6.07) is 7.79. The van der Waals surface area contributed by atoms with E-state index in [0.717, 1.165) is 23.5 Å². The summed E-state index contributed by atoms with van der Waals surface area (Å²) in [5.74, 6) is 2.16. The standard InChI is InChI=1S/C14H22FNS/c1-4-17-10-12(3)16-11(2)9-13-7-5-6-8-14(13)15/h5-8,11-12,16H,4,9-10H2,1-3H3. The van der Waals surface area contributed by atoms with Crippen LogP contribution in [0.3, 0.4) is 0 Å². The van der Waals surface area contributed by atoms with E-state index in [0.29, 0.717) is 12.1 Å². The fraction of sp³-hybridized carbons (Fsp3) is 0.571. The second-order valence-corrected chi connectivity index (χ2v) is 5.74. The predicted octanol–water partition coefficient (Wildman–Crippen LogP) is 3.49. The smallest absolute Gasteiger partial charge is 0.126 e. The van der Waals surface area contributed by atoms with Crippen LogP contribution in [0.25, 0.3) is 0 Å². The molecule has 2 atom stereocenters. The number of halogens is 1. The number of rotatable bonds is 7. The summed E-state index contributed by atoms with van der Waals surface area (Å²) in [6.45, 7) is 6.46. The molecule has 0 aliphatic rings. The van der Waals surface area contributed by atoms with E-state index >= 15 is 0 Å². The summed E-state index contributed by atoms with van der Waals surface area (Å²) in [5.41, 5.74) is 0.794. The first-order valence-corrected chi connectivity index (χ1v) is 7.36. The average molecular weight is 255 g/mol. The van der Waals surface area contributed by atoms with E-state index in [4.69, 9.17) is 0 Å². The monoisotopic (exact) mass is 255 g/mol. The van der Waals surface area contributed by atoms with Crippen LogP contribution in [0.15, 0.2) is 24.3 Å². The third kappa shape index (κ3) is 5.55. The van der Waals surface area contributed by atoms with E-state index in [-0.39, 0.29) is 5.82 Å². The molecule has 0 saturated heterocycles. The van der Waals surface area contributed by atoms with Crippen LogP contribution >= 0.6 is 11.8 Å². The van der Waals surface area contributed by atoms with Crippen molar-refractivity contribution in [3.63, 3.8) is 0 Å². The molecule has 96 valence electrons. The molecule has 0 aromatic heterocycles. The van der Waals surface area contributed by atoms with Gasteiger partial charge in [0.15, 0.2) is 0 Å². The highest BCUT2D eigenvalue weighted by Gasteiger charge is 2.10. The molecular weight excluding hydrogens is 233 g/mol. The lowest BCUT2D eigenvalue weighted by atomic mass is 10.1. The summed E-state index contributed by atoms with van der Waals surface area (Å²) >= 11 is 1.93. The van der Waals surface area contributed by atoms with Gasteiger partial charge in [-0.2, -0.15) is 11.8 Å². The van der Waals surface area contributed by atoms with E-state index in [1.54, 1.807) is 6.07 Å². The first kappa shape index (κ1) is 14.5. The third-order valence-electron chi connectivity index (χ3n) is 2.62. The van der Waals surface area contributed by atoms with Crippen molar-refractivity contribution in [1.29, 1.82) is 0 Å².